The smallest absolute Gasteiger partial charge is 0.398 e. The number of thioether (sulfide) groups is 1. The lowest BCUT2D eigenvalue weighted by Gasteiger charge is -2.11. The van der Waals surface area contributed by atoms with Crippen LogP contribution in [0.25, 0.3) is 0 Å². The van der Waals surface area contributed by atoms with Gasteiger partial charge in [-0.1, -0.05) is 13.0 Å². The van der Waals surface area contributed by atoms with E-state index < -0.39 is 5.51 Å². The second-order valence-electron chi connectivity index (χ2n) is 3.04. The van der Waals surface area contributed by atoms with Crippen molar-refractivity contribution in [3.8, 4) is 0 Å². The van der Waals surface area contributed by atoms with Gasteiger partial charge in [0.25, 0.3) is 0 Å². The number of rotatable bonds is 3. The van der Waals surface area contributed by atoms with Crippen molar-refractivity contribution in [1.82, 2.24) is 0 Å². The summed E-state index contributed by atoms with van der Waals surface area (Å²) in [7, 11) is 0. The van der Waals surface area contributed by atoms with Gasteiger partial charge in [-0.2, -0.15) is 13.2 Å². The number of ketones is 1. The molecule has 1 aromatic rings. The molecule has 1 aromatic carbocycles. The van der Waals surface area contributed by atoms with E-state index in [1.165, 1.54) is 18.2 Å². The van der Waals surface area contributed by atoms with Crippen molar-refractivity contribution < 1.29 is 18.0 Å². The van der Waals surface area contributed by atoms with Gasteiger partial charge in [0.2, 0.25) is 0 Å². The number of nitrogens with two attached hydrogens (primary N) is 1. The first-order chi connectivity index (χ1) is 7.35. The van der Waals surface area contributed by atoms with Crippen molar-refractivity contribution in [3.05, 3.63) is 23.8 Å². The largest absolute Gasteiger partial charge is 0.446 e. The summed E-state index contributed by atoms with van der Waals surface area (Å²) in [5.41, 5.74) is 1.14. The summed E-state index contributed by atoms with van der Waals surface area (Å²) in [6, 6.07) is 4.07. The van der Waals surface area contributed by atoms with E-state index in [1.54, 1.807) is 6.92 Å². The van der Waals surface area contributed by atoms with Crippen molar-refractivity contribution in [2.24, 2.45) is 0 Å². The van der Waals surface area contributed by atoms with Crippen LogP contribution >= 0.6 is 11.8 Å². The van der Waals surface area contributed by atoms with Gasteiger partial charge < -0.3 is 5.73 Å². The predicted molar refractivity (Wildman–Crippen MR) is 57.4 cm³/mol. The van der Waals surface area contributed by atoms with Gasteiger partial charge in [0.05, 0.1) is 5.56 Å². The number of alkyl halides is 3. The summed E-state index contributed by atoms with van der Waals surface area (Å²) in [6.45, 7) is 1.58. The molecule has 0 bridgehead atoms. The molecule has 0 atom stereocenters. The third-order valence-corrected chi connectivity index (χ3v) is 2.68. The number of benzene rings is 1. The van der Waals surface area contributed by atoms with Crippen LogP contribution in [-0.4, -0.2) is 11.3 Å². The lowest BCUT2D eigenvalue weighted by molar-refractivity contribution is -0.0328. The van der Waals surface area contributed by atoms with Gasteiger partial charge in [0, 0.05) is 17.0 Å². The zero-order valence-corrected chi connectivity index (χ0v) is 9.28. The van der Waals surface area contributed by atoms with Crippen LogP contribution in [0.4, 0.5) is 18.9 Å². The topological polar surface area (TPSA) is 43.1 Å². The maximum atomic E-state index is 12.2. The fourth-order valence-corrected chi connectivity index (χ4v) is 1.96. The summed E-state index contributed by atoms with van der Waals surface area (Å²) in [5.74, 6) is -0.384. The third kappa shape index (κ3) is 3.16. The molecule has 1 rings (SSSR count). The Kier molecular flexibility index (Phi) is 3.85. The fourth-order valence-electron chi connectivity index (χ4n) is 1.23. The monoisotopic (exact) mass is 249 g/mol. The standard InChI is InChI=1S/C10H10F3NOS/c1-2-7(15)9-6(14)4-3-5-8(9)16-10(11,12)13/h3-5H,2,14H2,1H3. The molecule has 0 spiro atoms. The van der Waals surface area contributed by atoms with Gasteiger partial charge in [-0.3, -0.25) is 4.79 Å². The van der Waals surface area contributed by atoms with Crippen LogP contribution in [0.15, 0.2) is 23.1 Å². The lowest BCUT2D eigenvalue weighted by Crippen LogP contribution is -2.07. The van der Waals surface area contributed by atoms with Crippen LogP contribution in [0.2, 0.25) is 0 Å². The number of Topliss-reactive ketones (excluding diaryl/α,β-unsaturated/α-hetero) is 1. The summed E-state index contributed by atoms with van der Waals surface area (Å²) in [4.78, 5) is 11.3. The van der Waals surface area contributed by atoms with Crippen LogP contribution in [0.1, 0.15) is 23.7 Å². The van der Waals surface area contributed by atoms with Gasteiger partial charge in [-0.15, -0.1) is 0 Å². The quantitative estimate of drug-likeness (QED) is 0.506. The minimum Gasteiger partial charge on any atom is -0.398 e. The average molecular weight is 249 g/mol. The molecule has 2 nitrogen and oxygen atoms in total. The second-order valence-corrected chi connectivity index (χ2v) is 4.15. The lowest BCUT2D eigenvalue weighted by atomic mass is 10.1. The SMILES string of the molecule is CCC(=O)c1c(N)cccc1SC(F)(F)F. The molecule has 0 saturated heterocycles. The normalized spacial score (nSPS) is 11.5. The maximum Gasteiger partial charge on any atom is 0.446 e. The van der Waals surface area contributed by atoms with Crippen LogP contribution in [0.3, 0.4) is 0 Å². The maximum absolute atomic E-state index is 12.2. The first kappa shape index (κ1) is 12.9. The first-order valence-electron chi connectivity index (χ1n) is 4.52. The Hall–Kier alpha value is -1.17. The number of hydrogen-bond donors (Lipinski definition) is 1. The summed E-state index contributed by atoms with van der Waals surface area (Å²) < 4.78 is 36.7. The summed E-state index contributed by atoms with van der Waals surface area (Å²) >= 11 is -0.316. The zero-order valence-electron chi connectivity index (χ0n) is 8.47. The zero-order chi connectivity index (χ0) is 12.3. The van der Waals surface area contributed by atoms with E-state index >= 15 is 0 Å². The molecule has 2 N–H and O–H groups in total. The third-order valence-electron chi connectivity index (χ3n) is 1.88. The van der Waals surface area contributed by atoms with Crippen molar-refractivity contribution in [3.63, 3.8) is 0 Å². The van der Waals surface area contributed by atoms with Crippen LogP contribution in [-0.2, 0) is 0 Å². The Bertz CT molecular complexity index is 404. The van der Waals surface area contributed by atoms with Gasteiger partial charge in [0.1, 0.15) is 0 Å². The van der Waals surface area contributed by atoms with E-state index in [2.05, 4.69) is 0 Å². The van der Waals surface area contributed by atoms with E-state index in [0.29, 0.717) is 0 Å². The van der Waals surface area contributed by atoms with E-state index in [9.17, 15) is 18.0 Å². The Morgan fingerprint density at radius 3 is 2.56 bits per heavy atom. The van der Waals surface area contributed by atoms with E-state index in [4.69, 9.17) is 5.73 Å². The van der Waals surface area contributed by atoms with Gasteiger partial charge >= 0.3 is 5.51 Å². The fraction of sp³-hybridized carbons (Fsp3) is 0.300. The number of anilines is 1. The highest BCUT2D eigenvalue weighted by Crippen LogP contribution is 2.40. The number of carbonyl (C=O) groups excluding carboxylic acids is 1. The average Bonchev–Trinajstić information content (AvgIpc) is 2.14. The molecule has 6 heteroatoms. The van der Waals surface area contributed by atoms with Crippen molar-refractivity contribution in [2.45, 2.75) is 23.7 Å². The minimum absolute atomic E-state index is 0.0349. The minimum atomic E-state index is -4.42. The number of hydrogen-bond acceptors (Lipinski definition) is 3. The highest BCUT2D eigenvalue weighted by Gasteiger charge is 2.31. The highest BCUT2D eigenvalue weighted by atomic mass is 32.2. The van der Waals surface area contributed by atoms with E-state index in [0.717, 1.165) is 0 Å². The molecule has 0 amide bonds. The number of carbonyl (C=O) groups is 1. The van der Waals surface area contributed by atoms with Gasteiger partial charge in [-0.25, -0.2) is 0 Å². The molecular weight excluding hydrogens is 239 g/mol. The Morgan fingerprint density at radius 1 is 1.44 bits per heavy atom. The van der Waals surface area contributed by atoms with Crippen LogP contribution < -0.4 is 5.73 Å². The van der Waals surface area contributed by atoms with E-state index in [1.807, 2.05) is 0 Å². The molecule has 88 valence electrons. The molecule has 0 aliphatic carbocycles. The second kappa shape index (κ2) is 4.78. The predicted octanol–water partition coefficient (Wildman–Crippen LogP) is 3.47. The Balaban J connectivity index is 3.18. The Morgan fingerprint density at radius 2 is 2.06 bits per heavy atom. The van der Waals surface area contributed by atoms with Gasteiger partial charge in [-0.05, 0) is 23.9 Å². The summed E-state index contributed by atoms with van der Waals surface area (Å²) in [5, 5.41) is 0. The highest BCUT2D eigenvalue weighted by molar-refractivity contribution is 8.00. The molecule has 0 fully saturated rings. The molecule has 0 aromatic heterocycles. The number of halogens is 3. The van der Waals surface area contributed by atoms with Crippen molar-refractivity contribution in [1.29, 1.82) is 0 Å². The molecule has 0 unspecified atom stereocenters. The van der Waals surface area contributed by atoms with Crippen molar-refractivity contribution in [2.75, 3.05) is 5.73 Å². The molecular formula is C10H10F3NOS. The molecule has 0 aliphatic heterocycles. The van der Waals surface area contributed by atoms with E-state index in [-0.39, 0.29) is 40.1 Å². The van der Waals surface area contributed by atoms with Crippen LogP contribution in [0.5, 0.6) is 0 Å². The molecule has 16 heavy (non-hydrogen) atoms. The summed E-state index contributed by atoms with van der Waals surface area (Å²) in [6.07, 6.45) is 0.125. The van der Waals surface area contributed by atoms with Crippen LogP contribution in [0, 0.1) is 0 Å². The molecule has 0 aliphatic rings. The van der Waals surface area contributed by atoms with Crippen molar-refractivity contribution >= 4 is 23.2 Å². The molecule has 0 heterocycles. The van der Waals surface area contributed by atoms with Gasteiger partial charge in [0.15, 0.2) is 5.78 Å². The number of nitrogen functional groups attached to an aromatic ring is 1. The Labute approximate surface area is 95.0 Å². The molecule has 0 saturated carbocycles. The molecule has 0 radical (unpaired) electrons. The first-order valence-corrected chi connectivity index (χ1v) is 5.34.